The smallest absolute Gasteiger partial charge is 0.159 e. The number of hydrogen-bond donors (Lipinski definition) is 0. The molecule has 0 atom stereocenters. The molecular formula is C17H28N2. The third kappa shape index (κ3) is 8.95. The Morgan fingerprint density at radius 2 is 1.79 bits per heavy atom. The molecule has 106 valence electrons. The summed E-state index contributed by atoms with van der Waals surface area (Å²) in [6.45, 7) is 16.3. The summed E-state index contributed by atoms with van der Waals surface area (Å²) in [4.78, 5) is 8.70. The van der Waals surface area contributed by atoms with Crippen molar-refractivity contribution in [1.82, 2.24) is 9.97 Å². The maximum absolute atomic E-state index is 4.45. The van der Waals surface area contributed by atoms with Crippen molar-refractivity contribution >= 4 is 5.57 Å². The summed E-state index contributed by atoms with van der Waals surface area (Å²) in [6, 6.07) is 1.95. The van der Waals surface area contributed by atoms with Crippen LogP contribution in [0, 0.1) is 0 Å². The van der Waals surface area contributed by atoms with E-state index < -0.39 is 0 Å². The van der Waals surface area contributed by atoms with E-state index in [1.54, 1.807) is 0 Å². The van der Waals surface area contributed by atoms with E-state index in [2.05, 4.69) is 43.9 Å². The summed E-state index contributed by atoms with van der Waals surface area (Å²) in [5.74, 6) is 0.810. The summed E-state index contributed by atoms with van der Waals surface area (Å²) >= 11 is 0. The lowest BCUT2D eigenvalue weighted by Crippen LogP contribution is -1.95. The average molecular weight is 260 g/mol. The first-order valence-corrected chi connectivity index (χ1v) is 6.84. The van der Waals surface area contributed by atoms with Gasteiger partial charge in [-0.2, -0.15) is 0 Å². The van der Waals surface area contributed by atoms with Gasteiger partial charge in [-0.15, -0.1) is 13.2 Å². The molecule has 0 fully saturated rings. The minimum atomic E-state index is 0.810. The Hall–Kier alpha value is -1.70. The Morgan fingerprint density at radius 1 is 1.21 bits per heavy atom. The largest absolute Gasteiger partial charge is 0.237 e. The molecule has 0 saturated heterocycles. The van der Waals surface area contributed by atoms with Crippen molar-refractivity contribution in [3.05, 3.63) is 55.2 Å². The van der Waals surface area contributed by atoms with Crippen LogP contribution in [0.3, 0.4) is 0 Å². The Bertz CT molecular complexity index is 379. The summed E-state index contributed by atoms with van der Waals surface area (Å²) in [5, 5.41) is 0. The fourth-order valence-corrected chi connectivity index (χ4v) is 1.21. The van der Waals surface area contributed by atoms with Gasteiger partial charge >= 0.3 is 0 Å². The van der Waals surface area contributed by atoms with Crippen molar-refractivity contribution < 1.29 is 0 Å². The van der Waals surface area contributed by atoms with Gasteiger partial charge < -0.3 is 0 Å². The van der Waals surface area contributed by atoms with Crippen LogP contribution in [0.4, 0.5) is 0 Å². The van der Waals surface area contributed by atoms with Gasteiger partial charge in [-0.3, -0.25) is 0 Å². The second-order valence-corrected chi connectivity index (χ2v) is 3.68. The SMILES string of the molecule is C/C=C\C(=C/C)c1nccc(CC)n1.C=C.CCC. The standard InChI is InChI=1S/C12H16N2.C3H8.C2H4/c1-4-7-10(5-2)12-13-9-8-11(6-3)14-12;1-3-2;1-2/h4-5,7-9H,6H2,1-3H3;3H2,1-2H3;1-2H2/b7-4-,10-5+;;. The second-order valence-electron chi connectivity index (χ2n) is 3.68. The molecule has 0 saturated carbocycles. The lowest BCUT2D eigenvalue weighted by atomic mass is 10.2. The first kappa shape index (κ1) is 19.6. The van der Waals surface area contributed by atoms with Gasteiger partial charge in [-0.05, 0) is 26.3 Å². The summed E-state index contributed by atoms with van der Waals surface area (Å²) < 4.78 is 0. The van der Waals surface area contributed by atoms with Crippen molar-refractivity contribution in [1.29, 1.82) is 0 Å². The molecule has 1 aromatic rings. The molecule has 0 aromatic carbocycles. The van der Waals surface area contributed by atoms with Crippen LogP contribution in [0.15, 0.2) is 43.6 Å². The Labute approximate surface area is 119 Å². The normalized spacial score (nSPS) is 10.3. The summed E-state index contributed by atoms with van der Waals surface area (Å²) in [5.41, 5.74) is 2.15. The summed E-state index contributed by atoms with van der Waals surface area (Å²) in [6.07, 6.45) is 10.1. The van der Waals surface area contributed by atoms with Crippen molar-refractivity contribution in [2.24, 2.45) is 0 Å². The van der Waals surface area contributed by atoms with E-state index >= 15 is 0 Å². The molecule has 0 spiro atoms. The zero-order chi connectivity index (χ0) is 15.1. The number of nitrogens with zero attached hydrogens (tertiary/aromatic N) is 2. The lowest BCUT2D eigenvalue weighted by Gasteiger charge is -2.01. The molecule has 19 heavy (non-hydrogen) atoms. The van der Waals surface area contributed by atoms with Crippen LogP contribution in [0.1, 0.15) is 52.6 Å². The van der Waals surface area contributed by atoms with E-state index in [0.29, 0.717) is 0 Å². The van der Waals surface area contributed by atoms with Crippen LogP contribution in [0.2, 0.25) is 0 Å². The number of rotatable bonds is 3. The maximum atomic E-state index is 4.45. The third-order valence-corrected chi connectivity index (χ3v) is 1.99. The molecule has 0 unspecified atom stereocenters. The molecule has 0 radical (unpaired) electrons. The molecule has 1 rings (SSSR count). The van der Waals surface area contributed by atoms with Gasteiger partial charge in [-0.1, -0.05) is 45.4 Å². The quantitative estimate of drug-likeness (QED) is 0.549. The molecule has 0 aliphatic heterocycles. The minimum absolute atomic E-state index is 0.810. The van der Waals surface area contributed by atoms with E-state index in [0.717, 1.165) is 23.5 Å². The zero-order valence-corrected chi connectivity index (χ0v) is 13.1. The highest BCUT2D eigenvalue weighted by molar-refractivity contribution is 5.68. The highest BCUT2D eigenvalue weighted by atomic mass is 14.9. The zero-order valence-electron chi connectivity index (χ0n) is 13.1. The number of allylic oxidation sites excluding steroid dienone is 4. The first-order valence-electron chi connectivity index (χ1n) is 6.84. The Kier molecular flexibility index (Phi) is 14.8. The number of aromatic nitrogens is 2. The topological polar surface area (TPSA) is 25.8 Å². The molecule has 1 aromatic heterocycles. The number of hydrogen-bond acceptors (Lipinski definition) is 2. The van der Waals surface area contributed by atoms with Gasteiger partial charge in [0.1, 0.15) is 0 Å². The molecular weight excluding hydrogens is 232 g/mol. The minimum Gasteiger partial charge on any atom is -0.237 e. The molecule has 1 heterocycles. The summed E-state index contributed by atoms with van der Waals surface area (Å²) in [7, 11) is 0. The molecule has 2 heteroatoms. The molecule has 0 aliphatic carbocycles. The highest BCUT2D eigenvalue weighted by Gasteiger charge is 2.00. The van der Waals surface area contributed by atoms with Gasteiger partial charge in [0, 0.05) is 17.5 Å². The monoisotopic (exact) mass is 260 g/mol. The van der Waals surface area contributed by atoms with Crippen molar-refractivity contribution in [3.8, 4) is 0 Å². The Morgan fingerprint density at radius 3 is 2.21 bits per heavy atom. The van der Waals surface area contributed by atoms with Gasteiger partial charge in [-0.25, -0.2) is 9.97 Å². The van der Waals surface area contributed by atoms with Crippen LogP contribution in [-0.4, -0.2) is 9.97 Å². The third-order valence-electron chi connectivity index (χ3n) is 1.99. The predicted molar refractivity (Wildman–Crippen MR) is 87.1 cm³/mol. The molecule has 0 N–H and O–H groups in total. The Balaban J connectivity index is 0. The van der Waals surface area contributed by atoms with Crippen molar-refractivity contribution in [2.45, 2.75) is 47.5 Å². The first-order chi connectivity index (χ1) is 9.23. The van der Waals surface area contributed by atoms with E-state index in [1.165, 1.54) is 6.42 Å². The van der Waals surface area contributed by atoms with Gasteiger partial charge in [0.25, 0.3) is 0 Å². The fraction of sp³-hybridized carbons (Fsp3) is 0.412. The van der Waals surface area contributed by atoms with E-state index in [-0.39, 0.29) is 0 Å². The maximum Gasteiger partial charge on any atom is 0.159 e. The molecule has 0 bridgehead atoms. The van der Waals surface area contributed by atoms with Gasteiger partial charge in [0.05, 0.1) is 0 Å². The van der Waals surface area contributed by atoms with E-state index in [9.17, 15) is 0 Å². The van der Waals surface area contributed by atoms with E-state index in [4.69, 9.17) is 0 Å². The van der Waals surface area contributed by atoms with Crippen LogP contribution in [0.5, 0.6) is 0 Å². The molecule has 2 nitrogen and oxygen atoms in total. The lowest BCUT2D eigenvalue weighted by molar-refractivity contribution is 0.980. The van der Waals surface area contributed by atoms with Gasteiger partial charge in [0.2, 0.25) is 0 Å². The molecule has 0 amide bonds. The van der Waals surface area contributed by atoms with Crippen LogP contribution >= 0.6 is 0 Å². The van der Waals surface area contributed by atoms with Crippen LogP contribution < -0.4 is 0 Å². The van der Waals surface area contributed by atoms with Gasteiger partial charge in [0.15, 0.2) is 5.82 Å². The van der Waals surface area contributed by atoms with Crippen molar-refractivity contribution in [3.63, 3.8) is 0 Å². The van der Waals surface area contributed by atoms with Crippen molar-refractivity contribution in [2.75, 3.05) is 0 Å². The predicted octanol–water partition coefficient (Wildman–Crippen LogP) is 5.24. The molecule has 0 aliphatic rings. The van der Waals surface area contributed by atoms with E-state index in [1.807, 2.05) is 44.3 Å². The van der Waals surface area contributed by atoms with Crippen LogP contribution in [0.25, 0.3) is 5.57 Å². The average Bonchev–Trinajstić information content (AvgIpc) is 2.47. The number of aryl methyl sites for hydroxylation is 1. The van der Waals surface area contributed by atoms with Crippen LogP contribution in [-0.2, 0) is 6.42 Å². The second kappa shape index (κ2) is 14.4. The highest BCUT2D eigenvalue weighted by Crippen LogP contribution is 2.11. The fourth-order valence-electron chi connectivity index (χ4n) is 1.21.